The molecule has 1 unspecified atom stereocenters. The van der Waals surface area contributed by atoms with E-state index in [9.17, 15) is 18.0 Å². The average molecular weight is 310 g/mol. The Kier molecular flexibility index (Phi) is 6.57. The molecular weight excluding hydrogens is 297 g/mol. The molecule has 106 valence electrons. The summed E-state index contributed by atoms with van der Waals surface area (Å²) >= 11 is 0.925. The zero-order valence-electron chi connectivity index (χ0n) is 9.89. The molecule has 7 heteroatoms. The first-order chi connectivity index (χ1) is 8.88. The Labute approximate surface area is 117 Å². The third-order valence-corrected chi connectivity index (χ3v) is 4.41. The van der Waals surface area contributed by atoms with Crippen molar-refractivity contribution in [1.29, 1.82) is 0 Å². The molecule has 1 N–H and O–H groups in total. The summed E-state index contributed by atoms with van der Waals surface area (Å²) in [5.41, 5.74) is -3.38. The minimum Gasteiger partial charge on any atom is -0.480 e. The fraction of sp³-hybridized carbons (Fsp3) is 0.417. The summed E-state index contributed by atoms with van der Waals surface area (Å²) in [5, 5.41) is 8.33. The molecule has 0 heterocycles. The van der Waals surface area contributed by atoms with E-state index < -0.39 is 16.7 Å². The zero-order valence-corrected chi connectivity index (χ0v) is 11.5. The lowest BCUT2D eigenvalue weighted by Crippen LogP contribution is -2.20. The quantitative estimate of drug-likeness (QED) is 0.780. The first kappa shape index (κ1) is 16.2. The molecular formula is C12H13F3O2S2. The van der Waals surface area contributed by atoms with Gasteiger partial charge >= 0.3 is 11.5 Å². The van der Waals surface area contributed by atoms with Gasteiger partial charge in [0.25, 0.3) is 0 Å². The second-order valence-corrected chi connectivity index (χ2v) is 6.15. The number of aliphatic carboxylic acids is 1. The molecule has 0 aliphatic heterocycles. The molecule has 0 radical (unpaired) electrons. The minimum absolute atomic E-state index is 0.120. The molecule has 0 spiro atoms. The summed E-state index contributed by atoms with van der Waals surface area (Å²) in [6.07, 6.45) is 0.317. The van der Waals surface area contributed by atoms with E-state index in [0.29, 0.717) is 6.42 Å². The van der Waals surface area contributed by atoms with E-state index in [-0.39, 0.29) is 23.3 Å². The fourth-order valence-corrected chi connectivity index (χ4v) is 3.08. The second kappa shape index (κ2) is 7.69. The maximum Gasteiger partial charge on any atom is 0.441 e. The fourth-order valence-electron chi connectivity index (χ4n) is 1.39. The van der Waals surface area contributed by atoms with E-state index in [1.165, 1.54) is 0 Å². The smallest absolute Gasteiger partial charge is 0.441 e. The molecule has 1 atom stereocenters. The van der Waals surface area contributed by atoms with Crippen LogP contribution in [-0.2, 0) is 11.2 Å². The summed E-state index contributed by atoms with van der Waals surface area (Å²) in [6, 6.07) is 9.05. The number of carboxylic acid groups (broad SMARTS) is 1. The van der Waals surface area contributed by atoms with Crippen molar-refractivity contribution in [2.24, 2.45) is 0 Å². The highest BCUT2D eigenvalue weighted by Gasteiger charge is 2.28. The van der Waals surface area contributed by atoms with E-state index in [1.54, 1.807) is 24.3 Å². The van der Waals surface area contributed by atoms with Crippen LogP contribution in [0.15, 0.2) is 30.3 Å². The Morgan fingerprint density at radius 1 is 1.21 bits per heavy atom. The Hall–Kier alpha value is -0.820. The van der Waals surface area contributed by atoms with Crippen molar-refractivity contribution >= 4 is 29.5 Å². The van der Waals surface area contributed by atoms with Gasteiger partial charge in [-0.2, -0.15) is 13.2 Å². The van der Waals surface area contributed by atoms with E-state index >= 15 is 0 Å². The molecule has 1 aromatic carbocycles. The molecule has 0 aliphatic rings. The Bertz CT molecular complexity index is 396. The van der Waals surface area contributed by atoms with E-state index in [0.717, 1.165) is 17.3 Å². The van der Waals surface area contributed by atoms with Crippen molar-refractivity contribution in [2.45, 2.75) is 17.2 Å². The van der Waals surface area contributed by atoms with Gasteiger partial charge < -0.3 is 5.11 Å². The number of rotatable bonds is 7. The number of carbonyl (C=O) groups is 1. The minimum atomic E-state index is -4.25. The van der Waals surface area contributed by atoms with Gasteiger partial charge in [-0.1, -0.05) is 42.1 Å². The van der Waals surface area contributed by atoms with Crippen LogP contribution in [0.3, 0.4) is 0 Å². The Morgan fingerprint density at radius 3 is 2.37 bits per heavy atom. The molecule has 1 rings (SSSR count). The summed E-state index contributed by atoms with van der Waals surface area (Å²) in [4.78, 5) is 11.0. The van der Waals surface area contributed by atoms with Gasteiger partial charge in [0.05, 0.1) is 0 Å². The number of alkyl halides is 3. The summed E-state index contributed by atoms with van der Waals surface area (Å²) in [7, 11) is 0. The lowest BCUT2D eigenvalue weighted by molar-refractivity contribution is -0.136. The number of halogens is 3. The van der Waals surface area contributed by atoms with Gasteiger partial charge in [-0.05, 0) is 12.0 Å². The van der Waals surface area contributed by atoms with Crippen LogP contribution in [0, 0.1) is 0 Å². The number of carboxylic acids is 1. The van der Waals surface area contributed by atoms with Gasteiger partial charge in [0, 0.05) is 11.5 Å². The largest absolute Gasteiger partial charge is 0.480 e. The van der Waals surface area contributed by atoms with E-state index in [4.69, 9.17) is 5.11 Å². The van der Waals surface area contributed by atoms with Gasteiger partial charge in [0.15, 0.2) is 0 Å². The number of hydrogen-bond acceptors (Lipinski definition) is 3. The van der Waals surface area contributed by atoms with Gasteiger partial charge in [0.1, 0.15) is 5.25 Å². The molecule has 0 aliphatic carbocycles. The standard InChI is InChI=1S/C12H13F3O2S2/c13-12(14,15)19-7-6-18-10(11(16)17)8-9-4-2-1-3-5-9/h1-5,10H,6-8H2,(H,16,17). The van der Waals surface area contributed by atoms with Crippen molar-refractivity contribution in [3.8, 4) is 0 Å². The highest BCUT2D eigenvalue weighted by atomic mass is 32.2. The van der Waals surface area contributed by atoms with Crippen molar-refractivity contribution in [3.05, 3.63) is 35.9 Å². The maximum atomic E-state index is 11.9. The molecule has 2 nitrogen and oxygen atoms in total. The molecule has 0 amide bonds. The van der Waals surface area contributed by atoms with Crippen LogP contribution in [0.5, 0.6) is 0 Å². The lowest BCUT2D eigenvalue weighted by Gasteiger charge is -2.12. The van der Waals surface area contributed by atoms with Crippen molar-refractivity contribution in [1.82, 2.24) is 0 Å². The third kappa shape index (κ3) is 7.37. The topological polar surface area (TPSA) is 37.3 Å². The molecule has 1 aromatic rings. The normalized spacial score (nSPS) is 13.2. The van der Waals surface area contributed by atoms with E-state index in [2.05, 4.69) is 0 Å². The summed E-state index contributed by atoms with van der Waals surface area (Å²) < 4.78 is 35.8. The Morgan fingerprint density at radius 2 is 1.84 bits per heavy atom. The van der Waals surface area contributed by atoms with Crippen LogP contribution in [0.1, 0.15) is 5.56 Å². The van der Waals surface area contributed by atoms with Gasteiger partial charge in [-0.15, -0.1) is 11.8 Å². The molecule has 0 saturated heterocycles. The highest BCUT2D eigenvalue weighted by molar-refractivity contribution is 8.04. The SMILES string of the molecule is O=C(O)C(Cc1ccccc1)SCCSC(F)(F)F. The van der Waals surface area contributed by atoms with Gasteiger partial charge in [-0.25, -0.2) is 0 Å². The maximum absolute atomic E-state index is 11.9. The van der Waals surface area contributed by atoms with Crippen LogP contribution in [0.4, 0.5) is 13.2 Å². The summed E-state index contributed by atoms with van der Waals surface area (Å²) in [5.74, 6) is -0.966. The summed E-state index contributed by atoms with van der Waals surface area (Å²) in [6.45, 7) is 0. The van der Waals surface area contributed by atoms with Crippen LogP contribution in [0.25, 0.3) is 0 Å². The molecule has 0 saturated carbocycles. The molecule has 0 bridgehead atoms. The van der Waals surface area contributed by atoms with E-state index in [1.807, 2.05) is 6.07 Å². The van der Waals surface area contributed by atoms with Crippen LogP contribution >= 0.6 is 23.5 Å². The monoisotopic (exact) mass is 310 g/mol. The van der Waals surface area contributed by atoms with Gasteiger partial charge in [-0.3, -0.25) is 4.79 Å². The first-order valence-electron chi connectivity index (χ1n) is 5.47. The second-order valence-electron chi connectivity index (χ2n) is 3.68. The van der Waals surface area contributed by atoms with Crippen molar-refractivity contribution in [3.63, 3.8) is 0 Å². The zero-order chi connectivity index (χ0) is 14.3. The molecule has 0 aromatic heterocycles. The molecule has 0 fully saturated rings. The number of thioether (sulfide) groups is 2. The average Bonchev–Trinajstić information content (AvgIpc) is 2.33. The van der Waals surface area contributed by atoms with Crippen LogP contribution < -0.4 is 0 Å². The first-order valence-corrected chi connectivity index (χ1v) is 7.51. The lowest BCUT2D eigenvalue weighted by atomic mass is 10.1. The van der Waals surface area contributed by atoms with Crippen molar-refractivity contribution < 1.29 is 23.1 Å². The number of hydrogen-bond donors (Lipinski definition) is 1. The van der Waals surface area contributed by atoms with Crippen LogP contribution in [0.2, 0.25) is 0 Å². The Balaban J connectivity index is 2.40. The third-order valence-electron chi connectivity index (χ3n) is 2.21. The van der Waals surface area contributed by atoms with Crippen molar-refractivity contribution in [2.75, 3.05) is 11.5 Å². The highest BCUT2D eigenvalue weighted by Crippen LogP contribution is 2.31. The predicted molar refractivity (Wildman–Crippen MR) is 72.5 cm³/mol. The van der Waals surface area contributed by atoms with Gasteiger partial charge in [0.2, 0.25) is 0 Å². The number of benzene rings is 1. The van der Waals surface area contributed by atoms with Crippen LogP contribution in [-0.4, -0.2) is 33.3 Å². The molecule has 19 heavy (non-hydrogen) atoms. The predicted octanol–water partition coefficient (Wildman–Crippen LogP) is 3.67.